The number of Topliss-reactive ketones (excluding diaryl/α,β-unsaturated/α-hetero) is 1. The van der Waals surface area contributed by atoms with E-state index < -0.39 is 0 Å². The van der Waals surface area contributed by atoms with Gasteiger partial charge < -0.3 is 5.73 Å². The molecular weight excluding hydrogens is 229 g/mol. The van der Waals surface area contributed by atoms with E-state index in [4.69, 9.17) is 5.73 Å². The van der Waals surface area contributed by atoms with Gasteiger partial charge in [0, 0.05) is 12.0 Å². The van der Waals surface area contributed by atoms with Crippen molar-refractivity contribution in [1.82, 2.24) is 0 Å². The third kappa shape index (κ3) is 4.96. The van der Waals surface area contributed by atoms with Crippen molar-refractivity contribution >= 4 is 5.78 Å². The molecule has 0 aliphatic rings. The lowest BCUT2D eigenvalue weighted by atomic mass is 9.92. The van der Waals surface area contributed by atoms with Crippen molar-refractivity contribution in [3.05, 3.63) is 35.6 Å². The minimum atomic E-state index is -0.354. The Kier molecular flexibility index (Phi) is 6.58. The van der Waals surface area contributed by atoms with E-state index in [1.54, 1.807) is 12.1 Å². The van der Waals surface area contributed by atoms with Gasteiger partial charge in [-0.2, -0.15) is 0 Å². The number of benzene rings is 1. The second kappa shape index (κ2) is 7.98. The van der Waals surface area contributed by atoms with E-state index in [0.29, 0.717) is 24.4 Å². The third-order valence-corrected chi connectivity index (χ3v) is 3.20. The fourth-order valence-corrected chi connectivity index (χ4v) is 2.22. The molecule has 0 spiro atoms. The van der Waals surface area contributed by atoms with Crippen molar-refractivity contribution in [2.75, 3.05) is 6.54 Å². The molecule has 0 saturated heterocycles. The maximum Gasteiger partial charge on any atom is 0.162 e. The van der Waals surface area contributed by atoms with Gasteiger partial charge in [0.25, 0.3) is 0 Å². The van der Waals surface area contributed by atoms with Crippen LogP contribution in [0.15, 0.2) is 24.3 Å². The number of halogens is 1. The highest BCUT2D eigenvalue weighted by Gasteiger charge is 2.12. The standard InChI is InChI=1S/C15H22FNO/c1-2-4-12(9-10-17)7-8-15(18)13-5-3-6-14(16)11-13/h3,5-6,11-12H,2,4,7-10,17H2,1H3. The summed E-state index contributed by atoms with van der Waals surface area (Å²) in [5.41, 5.74) is 6.03. The predicted octanol–water partition coefficient (Wildman–Crippen LogP) is 3.55. The van der Waals surface area contributed by atoms with E-state index in [-0.39, 0.29) is 11.6 Å². The average molecular weight is 251 g/mol. The van der Waals surface area contributed by atoms with Crippen molar-refractivity contribution in [1.29, 1.82) is 0 Å². The van der Waals surface area contributed by atoms with Gasteiger partial charge in [-0.25, -0.2) is 4.39 Å². The Balaban J connectivity index is 2.49. The molecule has 1 aromatic rings. The Morgan fingerprint density at radius 3 is 2.72 bits per heavy atom. The monoisotopic (exact) mass is 251 g/mol. The first-order valence-corrected chi connectivity index (χ1v) is 6.66. The summed E-state index contributed by atoms with van der Waals surface area (Å²) in [4.78, 5) is 11.9. The number of carbonyl (C=O) groups excluding carboxylic acids is 1. The topological polar surface area (TPSA) is 43.1 Å². The van der Waals surface area contributed by atoms with Crippen molar-refractivity contribution < 1.29 is 9.18 Å². The van der Waals surface area contributed by atoms with Crippen LogP contribution in [0.2, 0.25) is 0 Å². The predicted molar refractivity (Wildman–Crippen MR) is 72.0 cm³/mol. The Labute approximate surface area is 108 Å². The largest absolute Gasteiger partial charge is 0.330 e. The second-order valence-corrected chi connectivity index (χ2v) is 4.70. The van der Waals surface area contributed by atoms with E-state index in [0.717, 1.165) is 25.7 Å². The lowest BCUT2D eigenvalue weighted by Crippen LogP contribution is -2.11. The molecule has 3 heteroatoms. The van der Waals surface area contributed by atoms with Crippen molar-refractivity contribution in [3.63, 3.8) is 0 Å². The number of nitrogens with two attached hydrogens (primary N) is 1. The highest BCUT2D eigenvalue weighted by molar-refractivity contribution is 5.95. The molecule has 18 heavy (non-hydrogen) atoms. The molecule has 0 heterocycles. The molecule has 0 saturated carbocycles. The van der Waals surface area contributed by atoms with Crippen LogP contribution in [0.4, 0.5) is 4.39 Å². The molecule has 0 bridgehead atoms. The molecule has 2 nitrogen and oxygen atoms in total. The first-order chi connectivity index (χ1) is 8.67. The normalized spacial score (nSPS) is 12.4. The van der Waals surface area contributed by atoms with Gasteiger partial charge in [-0.3, -0.25) is 4.79 Å². The SMILES string of the molecule is CCCC(CCN)CCC(=O)c1cccc(F)c1. The number of hydrogen-bond acceptors (Lipinski definition) is 2. The van der Waals surface area contributed by atoms with Crippen LogP contribution >= 0.6 is 0 Å². The zero-order valence-corrected chi connectivity index (χ0v) is 11.0. The molecule has 0 aromatic heterocycles. The fraction of sp³-hybridized carbons (Fsp3) is 0.533. The molecule has 0 aliphatic carbocycles. The van der Waals surface area contributed by atoms with Gasteiger partial charge in [-0.1, -0.05) is 31.9 Å². The van der Waals surface area contributed by atoms with Crippen molar-refractivity contribution in [2.24, 2.45) is 11.7 Å². The number of ketones is 1. The van der Waals surface area contributed by atoms with Gasteiger partial charge in [0.15, 0.2) is 5.78 Å². The van der Waals surface area contributed by atoms with Crippen LogP contribution in [-0.2, 0) is 0 Å². The number of carbonyl (C=O) groups is 1. The molecular formula is C15H22FNO. The Morgan fingerprint density at radius 1 is 1.33 bits per heavy atom. The van der Waals surface area contributed by atoms with Gasteiger partial charge >= 0.3 is 0 Å². The molecule has 0 aliphatic heterocycles. The number of rotatable bonds is 8. The van der Waals surface area contributed by atoms with Gasteiger partial charge in [0.2, 0.25) is 0 Å². The number of hydrogen-bond donors (Lipinski definition) is 1. The minimum Gasteiger partial charge on any atom is -0.330 e. The zero-order chi connectivity index (χ0) is 13.4. The van der Waals surface area contributed by atoms with Gasteiger partial charge in [-0.05, 0) is 37.4 Å². The molecule has 1 rings (SSSR count). The van der Waals surface area contributed by atoms with Crippen LogP contribution < -0.4 is 5.73 Å². The van der Waals surface area contributed by atoms with Crippen molar-refractivity contribution in [3.8, 4) is 0 Å². The summed E-state index contributed by atoms with van der Waals surface area (Å²) in [6, 6.07) is 5.90. The van der Waals surface area contributed by atoms with Crippen LogP contribution in [0, 0.1) is 11.7 Å². The molecule has 0 amide bonds. The Hall–Kier alpha value is -1.22. The Bertz CT molecular complexity index is 373. The van der Waals surface area contributed by atoms with E-state index in [1.165, 1.54) is 12.1 Å². The van der Waals surface area contributed by atoms with Crippen LogP contribution in [0.1, 0.15) is 49.4 Å². The summed E-state index contributed by atoms with van der Waals surface area (Å²) in [6.07, 6.45) is 4.51. The zero-order valence-electron chi connectivity index (χ0n) is 11.0. The summed E-state index contributed by atoms with van der Waals surface area (Å²) in [7, 11) is 0. The van der Waals surface area contributed by atoms with Gasteiger partial charge in [0.1, 0.15) is 5.82 Å². The lowest BCUT2D eigenvalue weighted by molar-refractivity contribution is 0.0971. The minimum absolute atomic E-state index is 0.0209. The molecule has 100 valence electrons. The first-order valence-electron chi connectivity index (χ1n) is 6.66. The summed E-state index contributed by atoms with van der Waals surface area (Å²) < 4.78 is 13.0. The van der Waals surface area contributed by atoms with E-state index in [2.05, 4.69) is 6.92 Å². The summed E-state index contributed by atoms with van der Waals surface area (Å²) >= 11 is 0. The summed E-state index contributed by atoms with van der Waals surface area (Å²) in [6.45, 7) is 2.80. The first kappa shape index (κ1) is 14.8. The highest BCUT2D eigenvalue weighted by atomic mass is 19.1. The quantitative estimate of drug-likeness (QED) is 0.718. The van der Waals surface area contributed by atoms with E-state index in [9.17, 15) is 9.18 Å². The maximum absolute atomic E-state index is 13.0. The maximum atomic E-state index is 13.0. The van der Waals surface area contributed by atoms with Crippen LogP contribution in [0.25, 0.3) is 0 Å². The molecule has 1 atom stereocenters. The third-order valence-electron chi connectivity index (χ3n) is 3.20. The second-order valence-electron chi connectivity index (χ2n) is 4.70. The van der Waals surface area contributed by atoms with Gasteiger partial charge in [0.05, 0.1) is 0 Å². The van der Waals surface area contributed by atoms with E-state index >= 15 is 0 Å². The van der Waals surface area contributed by atoms with Crippen LogP contribution in [0.5, 0.6) is 0 Å². The van der Waals surface area contributed by atoms with E-state index in [1.807, 2.05) is 0 Å². The van der Waals surface area contributed by atoms with Crippen LogP contribution in [-0.4, -0.2) is 12.3 Å². The summed E-state index contributed by atoms with van der Waals surface area (Å²) in [5.74, 6) is 0.179. The Morgan fingerprint density at radius 2 is 2.11 bits per heavy atom. The van der Waals surface area contributed by atoms with Crippen molar-refractivity contribution in [2.45, 2.75) is 39.0 Å². The van der Waals surface area contributed by atoms with Gasteiger partial charge in [-0.15, -0.1) is 0 Å². The highest BCUT2D eigenvalue weighted by Crippen LogP contribution is 2.19. The lowest BCUT2D eigenvalue weighted by Gasteiger charge is -2.14. The summed E-state index contributed by atoms with van der Waals surface area (Å²) in [5, 5.41) is 0. The molecule has 1 unspecified atom stereocenters. The molecule has 1 aromatic carbocycles. The molecule has 0 fully saturated rings. The smallest absolute Gasteiger partial charge is 0.162 e. The molecule has 0 radical (unpaired) electrons. The van der Waals surface area contributed by atoms with Crippen LogP contribution in [0.3, 0.4) is 0 Å². The fourth-order valence-electron chi connectivity index (χ4n) is 2.22. The molecule has 2 N–H and O–H groups in total. The average Bonchev–Trinajstić information content (AvgIpc) is 2.36.